The summed E-state index contributed by atoms with van der Waals surface area (Å²) in [6.45, 7) is 3.35. The Hall–Kier alpha value is -6.30. The molecule has 3 N–H and O–H groups in total. The number of aliphatic hydroxyl groups excluding tert-OH is 2. The molecule has 7 rings (SSSR count). The number of hydrogen-bond acceptors (Lipinski definition) is 11. The second kappa shape index (κ2) is 18.1. The van der Waals surface area contributed by atoms with Crippen LogP contribution in [0.4, 0.5) is 10.5 Å². The van der Waals surface area contributed by atoms with E-state index in [0.717, 1.165) is 10.5 Å². The summed E-state index contributed by atoms with van der Waals surface area (Å²) in [6, 6.07) is 27.3. The second-order valence-corrected chi connectivity index (χ2v) is 14.2. The number of esters is 1. The third-order valence-corrected chi connectivity index (χ3v) is 10.9. The Balaban J connectivity index is 1.57. The normalized spacial score (nSPS) is 23.1. The van der Waals surface area contributed by atoms with Crippen LogP contribution in [0.2, 0.25) is 0 Å². The van der Waals surface area contributed by atoms with E-state index in [-0.39, 0.29) is 57.3 Å². The third kappa shape index (κ3) is 7.48. The molecule has 3 aliphatic rings. The number of fused-ring (bicyclic) bond motifs is 3. The van der Waals surface area contributed by atoms with Crippen molar-refractivity contribution in [3.63, 3.8) is 0 Å². The lowest BCUT2D eigenvalue weighted by Gasteiger charge is -2.46. The van der Waals surface area contributed by atoms with Crippen LogP contribution in [0.3, 0.4) is 0 Å². The first-order valence-corrected chi connectivity index (χ1v) is 19.4. The van der Waals surface area contributed by atoms with E-state index in [0.29, 0.717) is 22.4 Å². The number of rotatable bonds is 13. The Bertz CT molecular complexity index is 2240. The highest BCUT2D eigenvalue weighted by atomic mass is 16.6. The van der Waals surface area contributed by atoms with Gasteiger partial charge in [0.05, 0.1) is 43.5 Å². The molecule has 4 aromatic rings. The summed E-state index contributed by atoms with van der Waals surface area (Å²) in [5, 5.41) is 21.9. The van der Waals surface area contributed by atoms with E-state index in [1.165, 1.54) is 13.2 Å². The monoisotopic (exact) mass is 799 g/mol. The van der Waals surface area contributed by atoms with E-state index in [9.17, 15) is 19.8 Å². The van der Waals surface area contributed by atoms with Gasteiger partial charge in [0.1, 0.15) is 36.5 Å². The summed E-state index contributed by atoms with van der Waals surface area (Å²) in [5.41, 5.74) is 0.852. The average Bonchev–Trinajstić information content (AvgIpc) is 3.72. The number of morpholine rings is 1. The molecule has 0 aromatic heterocycles. The van der Waals surface area contributed by atoms with Crippen molar-refractivity contribution in [3.05, 3.63) is 144 Å². The first kappa shape index (κ1) is 40.9. The number of cyclic esters (lactones) is 1. The zero-order valence-electron chi connectivity index (χ0n) is 32.5. The van der Waals surface area contributed by atoms with Crippen molar-refractivity contribution in [1.82, 2.24) is 10.2 Å². The van der Waals surface area contributed by atoms with E-state index >= 15 is 9.59 Å². The first-order valence-electron chi connectivity index (χ1n) is 19.4. The quantitative estimate of drug-likeness (QED) is 0.0753. The fourth-order valence-electron chi connectivity index (χ4n) is 8.66. The van der Waals surface area contributed by atoms with Crippen molar-refractivity contribution in [1.29, 1.82) is 0 Å². The number of hydrogen-bond donors (Lipinski definition) is 3. The van der Waals surface area contributed by atoms with Crippen LogP contribution in [-0.4, -0.2) is 91.7 Å². The lowest BCUT2D eigenvalue weighted by Crippen LogP contribution is -2.55. The van der Waals surface area contributed by atoms with Crippen molar-refractivity contribution in [3.8, 4) is 17.6 Å². The van der Waals surface area contributed by atoms with Crippen molar-refractivity contribution in [2.45, 2.75) is 36.1 Å². The van der Waals surface area contributed by atoms with Crippen LogP contribution in [0.1, 0.15) is 52.4 Å². The van der Waals surface area contributed by atoms with Crippen LogP contribution < -0.4 is 15.0 Å². The van der Waals surface area contributed by atoms with Gasteiger partial charge >= 0.3 is 12.1 Å². The van der Waals surface area contributed by atoms with Gasteiger partial charge in [0.2, 0.25) is 11.8 Å². The molecule has 304 valence electrons. The van der Waals surface area contributed by atoms with Crippen molar-refractivity contribution < 1.29 is 48.3 Å². The Labute approximate surface area is 342 Å². The highest BCUT2D eigenvalue weighted by Gasteiger charge is 2.75. The molecule has 4 aromatic carbocycles. The molecule has 2 fully saturated rings. The fourth-order valence-corrected chi connectivity index (χ4v) is 8.66. The van der Waals surface area contributed by atoms with Gasteiger partial charge in [0.25, 0.3) is 0 Å². The summed E-state index contributed by atoms with van der Waals surface area (Å²) < 4.78 is 22.9. The summed E-state index contributed by atoms with van der Waals surface area (Å²) in [5.74, 6) is 2.77. The van der Waals surface area contributed by atoms with Crippen LogP contribution in [0.25, 0.3) is 0 Å². The molecule has 59 heavy (non-hydrogen) atoms. The molecule has 0 unspecified atom stereocenters. The van der Waals surface area contributed by atoms with Crippen molar-refractivity contribution in [2.24, 2.45) is 5.92 Å². The molecule has 3 amide bonds. The van der Waals surface area contributed by atoms with Crippen LogP contribution >= 0.6 is 0 Å². The average molecular weight is 800 g/mol. The molecule has 3 heterocycles. The lowest BCUT2D eigenvalue weighted by molar-refractivity contribution is -0.178. The van der Waals surface area contributed by atoms with Crippen LogP contribution in [0.5, 0.6) is 5.75 Å². The summed E-state index contributed by atoms with van der Waals surface area (Å²) in [6.07, 6.45) is -0.211. The number of anilines is 1. The Morgan fingerprint density at radius 3 is 2.25 bits per heavy atom. The third-order valence-electron chi connectivity index (χ3n) is 10.9. The number of benzene rings is 4. The van der Waals surface area contributed by atoms with Gasteiger partial charge in [0.15, 0.2) is 0 Å². The number of carbonyl (C=O) groups excluding carboxylic acids is 4. The standard InChI is InChI=1S/C46H45N3O10/c1-3-23-47-42(52)37-39-43(53)59-40(32-15-8-5-9-16-32)38(31-13-6-4-7-14-31)49(39)41(33-18-20-34(21-19-33)57-26-25-51)46(37)35-29-30(12-10-11-24-50)17-22-36(35)48(44(46)54)45(55)58-28-27-56-2/h3-9,13-22,29,37-41,50-51H,1,11,23-28H2,2H3,(H,47,52)/t37-,38-,39-,40+,41+,46-/m0/s1. The number of ether oxygens (including phenoxy) is 4. The van der Waals surface area contributed by atoms with Gasteiger partial charge < -0.3 is 34.5 Å². The maximum absolute atomic E-state index is 16.0. The number of nitrogens with one attached hydrogen (secondary N) is 1. The summed E-state index contributed by atoms with van der Waals surface area (Å²) in [7, 11) is 1.45. The Kier molecular flexibility index (Phi) is 12.5. The van der Waals surface area contributed by atoms with Gasteiger partial charge in [-0.1, -0.05) is 90.7 Å². The molecular formula is C46H45N3O10. The summed E-state index contributed by atoms with van der Waals surface area (Å²) >= 11 is 0. The minimum absolute atomic E-state index is 0.0139. The number of methoxy groups -OCH3 is 1. The van der Waals surface area contributed by atoms with Crippen LogP contribution in [0, 0.1) is 17.8 Å². The van der Waals surface area contributed by atoms with Gasteiger partial charge in [-0.2, -0.15) is 0 Å². The Morgan fingerprint density at radius 2 is 1.59 bits per heavy atom. The van der Waals surface area contributed by atoms with Crippen LogP contribution in [-0.2, 0) is 34.0 Å². The molecule has 1 spiro atoms. The number of imide groups is 1. The molecule has 13 heteroatoms. The maximum atomic E-state index is 16.0. The molecule has 2 saturated heterocycles. The van der Waals surface area contributed by atoms with E-state index in [1.54, 1.807) is 42.5 Å². The van der Waals surface area contributed by atoms with Gasteiger partial charge in [-0.15, -0.1) is 6.58 Å². The molecule has 0 saturated carbocycles. The zero-order valence-corrected chi connectivity index (χ0v) is 32.5. The number of amides is 3. The smallest absolute Gasteiger partial charge is 0.421 e. The predicted molar refractivity (Wildman–Crippen MR) is 216 cm³/mol. The Morgan fingerprint density at radius 1 is 0.881 bits per heavy atom. The molecule has 6 atom stereocenters. The van der Waals surface area contributed by atoms with Crippen molar-refractivity contribution >= 4 is 29.6 Å². The molecular weight excluding hydrogens is 755 g/mol. The van der Waals surface area contributed by atoms with E-state index in [1.807, 2.05) is 65.6 Å². The van der Waals surface area contributed by atoms with E-state index in [2.05, 4.69) is 23.7 Å². The highest BCUT2D eigenvalue weighted by molar-refractivity contribution is 6.23. The first-order chi connectivity index (χ1) is 28.8. The highest BCUT2D eigenvalue weighted by Crippen LogP contribution is 2.66. The van der Waals surface area contributed by atoms with E-state index < -0.39 is 59.4 Å². The molecule has 13 nitrogen and oxygen atoms in total. The van der Waals surface area contributed by atoms with Gasteiger partial charge in [-0.3, -0.25) is 19.3 Å². The fraction of sp³-hybridized carbons (Fsp3) is 0.304. The summed E-state index contributed by atoms with van der Waals surface area (Å²) in [4.78, 5) is 63.0. The molecule has 0 radical (unpaired) electrons. The molecule has 3 aliphatic heterocycles. The predicted octanol–water partition coefficient (Wildman–Crippen LogP) is 4.54. The maximum Gasteiger partial charge on any atom is 0.421 e. The van der Waals surface area contributed by atoms with Gasteiger partial charge in [-0.05, 0) is 52.6 Å². The van der Waals surface area contributed by atoms with E-state index in [4.69, 9.17) is 18.9 Å². The minimum Gasteiger partial charge on any atom is -0.491 e. The topological polar surface area (TPSA) is 164 Å². The largest absolute Gasteiger partial charge is 0.491 e. The number of carbonyl (C=O) groups is 4. The van der Waals surface area contributed by atoms with Gasteiger partial charge in [-0.25, -0.2) is 9.69 Å². The number of nitrogens with zero attached hydrogens (tertiary/aromatic N) is 2. The van der Waals surface area contributed by atoms with Crippen LogP contribution in [0.15, 0.2) is 116 Å². The number of aliphatic hydroxyl groups is 2. The minimum atomic E-state index is -1.99. The molecule has 0 aliphatic carbocycles. The van der Waals surface area contributed by atoms with Gasteiger partial charge in [0, 0.05) is 25.6 Å². The zero-order chi connectivity index (χ0) is 41.5. The SMILES string of the molecule is C=CCNC(=O)[C@@H]1[C@H]2C(=O)O[C@H](c3ccccc3)[C@H](c3ccccc3)N2[C@H](c2ccc(OCCO)cc2)[C@@]12C(=O)N(C(=O)OCCOC)c1ccc(C#CCCO)cc12. The lowest BCUT2D eigenvalue weighted by atomic mass is 9.65. The molecule has 0 bridgehead atoms. The second-order valence-electron chi connectivity index (χ2n) is 14.2. The van der Waals surface area contributed by atoms with Crippen molar-refractivity contribution in [2.75, 3.05) is 51.6 Å².